The minimum atomic E-state index is -5.18. The second-order valence-corrected chi connectivity index (χ2v) is 7.97. The summed E-state index contributed by atoms with van der Waals surface area (Å²) in [7, 11) is 0. The normalized spacial score (nSPS) is 26.1. The van der Waals surface area contributed by atoms with Crippen LogP contribution in [0.1, 0.15) is 38.2 Å². The minimum absolute atomic E-state index is 0.0751. The molecule has 3 aliphatic rings. The average Bonchev–Trinajstić information content (AvgIpc) is 2.71. The lowest BCUT2D eigenvalue weighted by atomic mass is 9.74. The fourth-order valence-electron chi connectivity index (χ4n) is 4.31. The first-order chi connectivity index (χ1) is 14.2. The van der Waals surface area contributed by atoms with Crippen LogP contribution in [0.5, 0.6) is 5.75 Å². The standard InChI is InChI=1S/C22H21F5O3/c1-2-7-20-8-9-21(28-12-20,29-13-20)16-5-3-14(4-6-16)15-10-17(23)19(18(24)11-15)30-22(25,26)27/h3-6,10-11H,2,7-9,12-13H2,1H3. The molecule has 3 saturated heterocycles. The Balaban J connectivity index is 1.55. The highest BCUT2D eigenvalue weighted by Crippen LogP contribution is 2.51. The van der Waals surface area contributed by atoms with E-state index < -0.39 is 29.5 Å². The van der Waals surface area contributed by atoms with Crippen LogP contribution in [0.25, 0.3) is 11.1 Å². The summed E-state index contributed by atoms with van der Waals surface area (Å²) < 4.78 is 80.5. The Kier molecular flexibility index (Phi) is 5.26. The third-order valence-corrected chi connectivity index (χ3v) is 5.86. The molecule has 30 heavy (non-hydrogen) atoms. The van der Waals surface area contributed by atoms with Crippen molar-refractivity contribution in [1.29, 1.82) is 0 Å². The zero-order valence-electron chi connectivity index (χ0n) is 16.3. The molecule has 2 aromatic carbocycles. The van der Waals surface area contributed by atoms with Gasteiger partial charge in [0.05, 0.1) is 13.2 Å². The highest BCUT2D eigenvalue weighted by atomic mass is 19.4. The van der Waals surface area contributed by atoms with Gasteiger partial charge in [-0.2, -0.15) is 0 Å². The first kappa shape index (κ1) is 21.1. The van der Waals surface area contributed by atoms with E-state index in [0.717, 1.165) is 43.4 Å². The monoisotopic (exact) mass is 428 g/mol. The second-order valence-electron chi connectivity index (χ2n) is 7.97. The molecule has 0 unspecified atom stereocenters. The number of hydrogen-bond acceptors (Lipinski definition) is 3. The van der Waals surface area contributed by atoms with Crippen LogP contribution in [0.4, 0.5) is 22.0 Å². The lowest BCUT2D eigenvalue weighted by molar-refractivity contribution is -0.351. The third-order valence-electron chi connectivity index (χ3n) is 5.86. The van der Waals surface area contributed by atoms with E-state index in [9.17, 15) is 22.0 Å². The molecule has 0 amide bonds. The Hall–Kier alpha value is -2.19. The zero-order valence-corrected chi connectivity index (χ0v) is 16.3. The van der Waals surface area contributed by atoms with Gasteiger partial charge in [0.15, 0.2) is 17.4 Å². The quantitative estimate of drug-likeness (QED) is 0.523. The van der Waals surface area contributed by atoms with Crippen molar-refractivity contribution < 1.29 is 36.2 Å². The van der Waals surface area contributed by atoms with Crippen molar-refractivity contribution in [3.63, 3.8) is 0 Å². The summed E-state index contributed by atoms with van der Waals surface area (Å²) in [6.45, 7) is 3.39. The molecule has 3 heterocycles. The Labute approximate surface area is 170 Å². The van der Waals surface area contributed by atoms with Crippen LogP contribution in [0.15, 0.2) is 36.4 Å². The van der Waals surface area contributed by atoms with Crippen LogP contribution in [-0.4, -0.2) is 19.6 Å². The van der Waals surface area contributed by atoms with Gasteiger partial charge in [0.1, 0.15) is 0 Å². The summed E-state index contributed by atoms with van der Waals surface area (Å²) >= 11 is 0. The van der Waals surface area contributed by atoms with Crippen molar-refractivity contribution >= 4 is 0 Å². The van der Waals surface area contributed by atoms with Crippen LogP contribution in [0.2, 0.25) is 0 Å². The number of fused-ring (bicyclic) bond motifs is 3. The van der Waals surface area contributed by atoms with E-state index in [-0.39, 0.29) is 11.0 Å². The van der Waals surface area contributed by atoms with Crippen LogP contribution < -0.4 is 4.74 Å². The van der Waals surface area contributed by atoms with Crippen molar-refractivity contribution in [1.82, 2.24) is 0 Å². The first-order valence-corrected chi connectivity index (χ1v) is 9.79. The first-order valence-electron chi connectivity index (χ1n) is 9.79. The van der Waals surface area contributed by atoms with Gasteiger partial charge in [-0.05, 0) is 36.1 Å². The molecular weight excluding hydrogens is 407 g/mol. The van der Waals surface area contributed by atoms with Crippen LogP contribution >= 0.6 is 0 Å². The topological polar surface area (TPSA) is 27.7 Å². The molecule has 0 spiro atoms. The lowest BCUT2D eigenvalue weighted by Gasteiger charge is -2.53. The summed E-state index contributed by atoms with van der Waals surface area (Å²) in [6, 6.07) is 8.40. The second kappa shape index (κ2) is 7.50. The summed E-state index contributed by atoms with van der Waals surface area (Å²) in [5.74, 6) is -5.15. The molecule has 0 saturated carbocycles. The smallest absolute Gasteiger partial charge is 0.399 e. The summed E-state index contributed by atoms with van der Waals surface area (Å²) in [6.07, 6.45) is -1.35. The molecule has 0 aromatic heterocycles. The van der Waals surface area contributed by atoms with Gasteiger partial charge < -0.3 is 14.2 Å². The number of hydrogen-bond donors (Lipinski definition) is 0. The number of halogens is 5. The van der Waals surface area contributed by atoms with E-state index >= 15 is 0 Å². The van der Waals surface area contributed by atoms with Gasteiger partial charge in [-0.15, -0.1) is 13.2 Å². The maximum absolute atomic E-state index is 14.0. The minimum Gasteiger partial charge on any atom is -0.399 e. The molecule has 0 aliphatic carbocycles. The molecule has 3 fully saturated rings. The number of alkyl halides is 3. The van der Waals surface area contributed by atoms with Gasteiger partial charge in [-0.3, -0.25) is 0 Å². The predicted octanol–water partition coefficient (Wildman–Crippen LogP) is 6.31. The van der Waals surface area contributed by atoms with Crippen molar-refractivity contribution in [2.24, 2.45) is 5.41 Å². The van der Waals surface area contributed by atoms with Gasteiger partial charge in [0.2, 0.25) is 5.75 Å². The molecule has 8 heteroatoms. The Morgan fingerprint density at radius 3 is 2.00 bits per heavy atom. The summed E-state index contributed by atoms with van der Waals surface area (Å²) in [5.41, 5.74) is 1.42. The Morgan fingerprint density at radius 1 is 0.933 bits per heavy atom. The van der Waals surface area contributed by atoms with E-state index in [4.69, 9.17) is 9.47 Å². The molecule has 5 rings (SSSR count). The number of ether oxygens (including phenoxy) is 3. The summed E-state index contributed by atoms with van der Waals surface area (Å²) in [4.78, 5) is 0. The Morgan fingerprint density at radius 2 is 1.53 bits per heavy atom. The number of rotatable bonds is 5. The predicted molar refractivity (Wildman–Crippen MR) is 98.6 cm³/mol. The molecule has 0 atom stereocenters. The highest BCUT2D eigenvalue weighted by molar-refractivity contribution is 5.65. The SMILES string of the molecule is CCCC12CCC(c3ccc(-c4cc(F)c(OC(F)(F)F)c(F)c4)cc3)(OC1)OC2. The Bertz CT molecular complexity index is 876. The van der Waals surface area contributed by atoms with Gasteiger partial charge in [0.25, 0.3) is 0 Å². The van der Waals surface area contributed by atoms with Crippen molar-refractivity contribution in [2.45, 2.75) is 44.8 Å². The fraction of sp³-hybridized carbons (Fsp3) is 0.455. The lowest BCUT2D eigenvalue weighted by Crippen LogP contribution is -2.53. The van der Waals surface area contributed by atoms with Gasteiger partial charge in [-0.1, -0.05) is 37.6 Å². The summed E-state index contributed by atoms with van der Waals surface area (Å²) in [5, 5.41) is 0. The molecule has 2 bridgehead atoms. The van der Waals surface area contributed by atoms with Crippen molar-refractivity contribution in [3.05, 3.63) is 53.6 Å². The maximum atomic E-state index is 14.0. The van der Waals surface area contributed by atoms with Crippen molar-refractivity contribution in [3.8, 4) is 16.9 Å². The maximum Gasteiger partial charge on any atom is 0.573 e. The van der Waals surface area contributed by atoms with E-state index in [1.54, 1.807) is 24.3 Å². The van der Waals surface area contributed by atoms with Crippen LogP contribution in [0, 0.1) is 17.0 Å². The van der Waals surface area contributed by atoms with E-state index in [1.165, 1.54) is 0 Å². The highest BCUT2D eigenvalue weighted by Gasteiger charge is 2.51. The zero-order chi connectivity index (χ0) is 21.6. The van der Waals surface area contributed by atoms with E-state index in [2.05, 4.69) is 11.7 Å². The van der Waals surface area contributed by atoms with E-state index in [1.807, 2.05) is 0 Å². The van der Waals surface area contributed by atoms with Gasteiger partial charge >= 0.3 is 6.36 Å². The average molecular weight is 428 g/mol. The van der Waals surface area contributed by atoms with Gasteiger partial charge in [-0.25, -0.2) is 8.78 Å². The van der Waals surface area contributed by atoms with Gasteiger partial charge in [0, 0.05) is 17.4 Å². The molecule has 162 valence electrons. The molecule has 0 N–H and O–H groups in total. The third kappa shape index (κ3) is 3.90. The molecule has 0 radical (unpaired) electrons. The van der Waals surface area contributed by atoms with Crippen LogP contribution in [-0.2, 0) is 15.3 Å². The number of benzene rings is 2. The largest absolute Gasteiger partial charge is 0.573 e. The molecule has 3 nitrogen and oxygen atoms in total. The van der Waals surface area contributed by atoms with E-state index in [0.29, 0.717) is 18.8 Å². The van der Waals surface area contributed by atoms with Crippen molar-refractivity contribution in [2.75, 3.05) is 13.2 Å². The van der Waals surface area contributed by atoms with Crippen LogP contribution in [0.3, 0.4) is 0 Å². The molecular formula is C22H21F5O3. The molecule has 3 aliphatic heterocycles. The molecule has 2 aromatic rings. The fourth-order valence-corrected chi connectivity index (χ4v) is 4.31.